The Bertz CT molecular complexity index is 556. The molecule has 0 aliphatic carbocycles. The Hall–Kier alpha value is -1.43. The summed E-state index contributed by atoms with van der Waals surface area (Å²) in [6.07, 6.45) is 0.144. The maximum absolute atomic E-state index is 11.8. The first-order valence-corrected chi connectivity index (χ1v) is 6.95. The topological polar surface area (TPSA) is 107 Å². The van der Waals surface area contributed by atoms with Crippen molar-refractivity contribution in [2.24, 2.45) is 0 Å². The van der Waals surface area contributed by atoms with E-state index in [1.807, 2.05) is 6.07 Å². The summed E-state index contributed by atoms with van der Waals surface area (Å²) >= 11 is 0.800. The van der Waals surface area contributed by atoms with Gasteiger partial charge in [-0.1, -0.05) is 6.92 Å². The lowest BCUT2D eigenvalue weighted by atomic mass is 10.2. The van der Waals surface area contributed by atoms with Gasteiger partial charge >= 0.3 is 5.97 Å². The molecule has 0 aromatic carbocycles. The van der Waals surface area contributed by atoms with Gasteiger partial charge in [-0.2, -0.15) is 9.98 Å². The molecule has 1 rings (SSSR count). The van der Waals surface area contributed by atoms with Gasteiger partial charge in [-0.25, -0.2) is 8.42 Å². The number of aliphatic carboxylic acids is 1. The van der Waals surface area contributed by atoms with Crippen LogP contribution in [0, 0.1) is 11.3 Å². The molecular weight excluding hydrogens is 264 g/mol. The van der Waals surface area contributed by atoms with Gasteiger partial charge in [-0.15, -0.1) is 11.3 Å². The molecule has 2 N–H and O–H groups in total. The summed E-state index contributed by atoms with van der Waals surface area (Å²) in [5.41, 5.74) is 0. The zero-order valence-corrected chi connectivity index (χ0v) is 10.5. The van der Waals surface area contributed by atoms with Gasteiger partial charge in [0.2, 0.25) is 0 Å². The van der Waals surface area contributed by atoms with Gasteiger partial charge in [0, 0.05) is 0 Å². The fraction of sp³-hybridized carbons (Fsp3) is 0.333. The number of nitrogens with one attached hydrogen (secondary N) is 1. The summed E-state index contributed by atoms with van der Waals surface area (Å²) in [5.74, 6) is -1.23. The van der Waals surface area contributed by atoms with E-state index in [0.29, 0.717) is 0 Å². The van der Waals surface area contributed by atoms with Crippen LogP contribution in [-0.4, -0.2) is 25.5 Å². The van der Waals surface area contributed by atoms with Crippen LogP contribution < -0.4 is 4.72 Å². The van der Waals surface area contributed by atoms with E-state index in [0.717, 1.165) is 11.3 Å². The van der Waals surface area contributed by atoms with E-state index >= 15 is 0 Å². The third-order valence-corrected chi connectivity index (χ3v) is 4.91. The summed E-state index contributed by atoms with van der Waals surface area (Å²) in [6, 6.07) is 3.31. The number of carbonyl (C=O) groups is 1. The lowest BCUT2D eigenvalue weighted by Crippen LogP contribution is -2.39. The molecular formula is C9H10N2O4S2. The Balaban J connectivity index is 2.96. The van der Waals surface area contributed by atoms with E-state index in [4.69, 9.17) is 10.4 Å². The normalized spacial score (nSPS) is 12.9. The molecule has 0 saturated heterocycles. The second-order valence-electron chi connectivity index (χ2n) is 3.15. The first kappa shape index (κ1) is 13.6. The summed E-state index contributed by atoms with van der Waals surface area (Å²) in [4.78, 5) is 11.0. The second-order valence-corrected chi connectivity index (χ2v) is 6.18. The van der Waals surface area contributed by atoms with Gasteiger partial charge in [0.15, 0.2) is 0 Å². The summed E-state index contributed by atoms with van der Waals surface area (Å²) in [6.45, 7) is 1.57. The number of nitrogens with zero attached hydrogens (tertiary/aromatic N) is 1. The number of hydrogen-bond acceptors (Lipinski definition) is 5. The largest absolute Gasteiger partial charge is 0.480 e. The maximum Gasteiger partial charge on any atom is 0.321 e. The van der Waals surface area contributed by atoms with Crippen molar-refractivity contribution >= 4 is 27.3 Å². The zero-order valence-electron chi connectivity index (χ0n) is 8.87. The third-order valence-electron chi connectivity index (χ3n) is 1.96. The molecule has 8 heteroatoms. The van der Waals surface area contributed by atoms with E-state index in [1.165, 1.54) is 12.1 Å². The molecule has 1 aromatic heterocycles. The van der Waals surface area contributed by atoms with Crippen LogP contribution in [0.3, 0.4) is 0 Å². The van der Waals surface area contributed by atoms with E-state index in [1.54, 1.807) is 6.92 Å². The van der Waals surface area contributed by atoms with Crippen molar-refractivity contribution in [2.75, 3.05) is 0 Å². The number of carboxylic acids is 1. The highest BCUT2D eigenvalue weighted by Crippen LogP contribution is 2.21. The Morgan fingerprint density at radius 1 is 1.65 bits per heavy atom. The molecule has 1 aromatic rings. The third kappa shape index (κ3) is 3.26. The van der Waals surface area contributed by atoms with Gasteiger partial charge in [0.25, 0.3) is 10.0 Å². The van der Waals surface area contributed by atoms with Crippen LogP contribution in [0.5, 0.6) is 0 Å². The first-order chi connectivity index (χ1) is 7.90. The average Bonchev–Trinajstić information content (AvgIpc) is 2.74. The predicted molar refractivity (Wildman–Crippen MR) is 61.1 cm³/mol. The van der Waals surface area contributed by atoms with Gasteiger partial charge < -0.3 is 5.11 Å². The molecule has 92 valence electrons. The quantitative estimate of drug-likeness (QED) is 0.824. The Kier molecular flexibility index (Phi) is 4.22. The van der Waals surface area contributed by atoms with Crippen LogP contribution in [0.4, 0.5) is 0 Å². The highest BCUT2D eigenvalue weighted by Gasteiger charge is 2.25. The van der Waals surface area contributed by atoms with Crippen molar-refractivity contribution < 1.29 is 18.3 Å². The molecule has 0 spiro atoms. The Labute approximate surface area is 103 Å². The van der Waals surface area contributed by atoms with Gasteiger partial charge in [-0.05, 0) is 18.6 Å². The molecule has 6 nitrogen and oxygen atoms in total. The number of rotatable bonds is 5. The Morgan fingerprint density at radius 3 is 2.71 bits per heavy atom. The molecule has 0 radical (unpaired) electrons. The lowest BCUT2D eigenvalue weighted by Gasteiger charge is -2.11. The molecule has 0 unspecified atom stereocenters. The lowest BCUT2D eigenvalue weighted by molar-refractivity contribution is -0.139. The van der Waals surface area contributed by atoms with Crippen molar-refractivity contribution in [3.05, 3.63) is 17.0 Å². The monoisotopic (exact) mass is 274 g/mol. The molecule has 0 aliphatic heterocycles. The van der Waals surface area contributed by atoms with E-state index < -0.39 is 22.0 Å². The number of nitriles is 1. The standard InChI is InChI=1S/C9H10N2O4S2/c1-2-7(9(12)13)11-17(14,15)8-4-3-6(5-10)16-8/h3-4,7,11H,2H2,1H3,(H,12,13)/t7-/m0/s1. The van der Waals surface area contributed by atoms with Crippen LogP contribution >= 0.6 is 11.3 Å². The molecule has 1 atom stereocenters. The van der Waals surface area contributed by atoms with Gasteiger partial charge in [-0.3, -0.25) is 4.79 Å². The molecule has 0 saturated carbocycles. The minimum absolute atomic E-state index is 0.0613. The number of sulfonamides is 1. The fourth-order valence-corrected chi connectivity index (χ4v) is 3.47. The van der Waals surface area contributed by atoms with Crippen LogP contribution in [0.1, 0.15) is 18.2 Å². The summed E-state index contributed by atoms with van der Waals surface area (Å²) < 4.78 is 25.5. The number of thiophene rings is 1. The highest BCUT2D eigenvalue weighted by molar-refractivity contribution is 7.91. The minimum Gasteiger partial charge on any atom is -0.480 e. The van der Waals surface area contributed by atoms with Crippen molar-refractivity contribution in [1.82, 2.24) is 4.72 Å². The first-order valence-electron chi connectivity index (χ1n) is 4.65. The highest BCUT2D eigenvalue weighted by atomic mass is 32.2. The summed E-state index contributed by atoms with van der Waals surface area (Å²) in [5, 5.41) is 17.3. The minimum atomic E-state index is -3.87. The fourth-order valence-electron chi connectivity index (χ4n) is 1.08. The van der Waals surface area contributed by atoms with Crippen molar-refractivity contribution in [1.29, 1.82) is 5.26 Å². The molecule has 1 heterocycles. The SMILES string of the molecule is CC[C@H](NS(=O)(=O)c1ccc(C#N)s1)C(=O)O. The predicted octanol–water partition coefficient (Wildman–Crippen LogP) is 0.761. The Morgan fingerprint density at radius 2 is 2.29 bits per heavy atom. The van der Waals surface area contributed by atoms with Crippen LogP contribution in [0.15, 0.2) is 16.3 Å². The van der Waals surface area contributed by atoms with E-state index in [9.17, 15) is 13.2 Å². The van der Waals surface area contributed by atoms with E-state index in [-0.39, 0.29) is 15.5 Å². The molecule has 0 fully saturated rings. The van der Waals surface area contributed by atoms with Crippen LogP contribution in [-0.2, 0) is 14.8 Å². The smallest absolute Gasteiger partial charge is 0.321 e. The van der Waals surface area contributed by atoms with Crippen molar-refractivity contribution in [2.45, 2.75) is 23.6 Å². The van der Waals surface area contributed by atoms with Crippen LogP contribution in [0.25, 0.3) is 0 Å². The molecule has 0 aliphatic rings. The average molecular weight is 274 g/mol. The summed E-state index contributed by atoms with van der Waals surface area (Å²) in [7, 11) is -3.87. The van der Waals surface area contributed by atoms with Gasteiger partial charge in [0.1, 0.15) is 21.2 Å². The molecule has 17 heavy (non-hydrogen) atoms. The van der Waals surface area contributed by atoms with Crippen molar-refractivity contribution in [3.63, 3.8) is 0 Å². The number of carboxylic acid groups (broad SMARTS) is 1. The van der Waals surface area contributed by atoms with Crippen LogP contribution in [0.2, 0.25) is 0 Å². The second kappa shape index (κ2) is 5.27. The van der Waals surface area contributed by atoms with E-state index in [2.05, 4.69) is 4.72 Å². The van der Waals surface area contributed by atoms with Crippen molar-refractivity contribution in [3.8, 4) is 6.07 Å². The molecule has 0 amide bonds. The number of hydrogen-bond donors (Lipinski definition) is 2. The maximum atomic E-state index is 11.8. The van der Waals surface area contributed by atoms with Gasteiger partial charge in [0.05, 0.1) is 0 Å². The molecule has 0 bridgehead atoms. The zero-order chi connectivity index (χ0) is 13.1.